The van der Waals surface area contributed by atoms with Crippen molar-refractivity contribution in [2.75, 3.05) is 11.9 Å². The van der Waals surface area contributed by atoms with E-state index in [1.165, 1.54) is 5.56 Å². The summed E-state index contributed by atoms with van der Waals surface area (Å²) >= 11 is 0. The third-order valence-electron chi connectivity index (χ3n) is 3.10. The Bertz CT molecular complexity index is 620. The van der Waals surface area contributed by atoms with E-state index in [1.807, 2.05) is 39.0 Å². The van der Waals surface area contributed by atoms with Crippen LogP contribution in [0.15, 0.2) is 24.4 Å². The Kier molecular flexibility index (Phi) is 5.05. The number of hydrogen-bond acceptors (Lipinski definition) is 4. The molecule has 21 heavy (non-hydrogen) atoms. The number of carbonyl (C=O) groups is 1. The van der Waals surface area contributed by atoms with Gasteiger partial charge in [-0.2, -0.15) is 0 Å². The van der Waals surface area contributed by atoms with Crippen LogP contribution in [0.1, 0.15) is 23.7 Å². The molecule has 1 amide bonds. The van der Waals surface area contributed by atoms with Gasteiger partial charge < -0.3 is 10.6 Å². The molecular formula is C15H21N5O. The molecule has 0 fully saturated rings. The number of aryl methyl sites for hydroxylation is 2. The van der Waals surface area contributed by atoms with Crippen molar-refractivity contribution < 1.29 is 4.79 Å². The van der Waals surface area contributed by atoms with Crippen LogP contribution in [0.2, 0.25) is 0 Å². The summed E-state index contributed by atoms with van der Waals surface area (Å²) in [7, 11) is 0. The van der Waals surface area contributed by atoms with Crippen LogP contribution < -0.4 is 10.6 Å². The van der Waals surface area contributed by atoms with Gasteiger partial charge in [-0.05, 0) is 32.0 Å². The van der Waals surface area contributed by atoms with E-state index in [4.69, 9.17) is 0 Å². The van der Waals surface area contributed by atoms with E-state index in [9.17, 15) is 4.79 Å². The molecule has 2 N–H and O–H groups in total. The number of rotatable bonds is 6. The Balaban J connectivity index is 1.93. The first-order valence-electron chi connectivity index (χ1n) is 7.05. The quantitative estimate of drug-likeness (QED) is 0.847. The predicted molar refractivity (Wildman–Crippen MR) is 81.9 cm³/mol. The summed E-state index contributed by atoms with van der Waals surface area (Å²) in [5.41, 5.74) is 3.89. The Labute approximate surface area is 124 Å². The Morgan fingerprint density at radius 2 is 2.14 bits per heavy atom. The fourth-order valence-corrected chi connectivity index (χ4v) is 2.04. The molecule has 0 spiro atoms. The maximum absolute atomic E-state index is 12.0. The summed E-state index contributed by atoms with van der Waals surface area (Å²) in [6.45, 7) is 7.73. The summed E-state index contributed by atoms with van der Waals surface area (Å²) in [5.74, 6) is -0.109. The minimum absolute atomic E-state index is 0.109. The van der Waals surface area contributed by atoms with Crippen molar-refractivity contribution in [2.45, 2.75) is 33.9 Å². The highest BCUT2D eigenvalue weighted by molar-refractivity contribution is 5.91. The van der Waals surface area contributed by atoms with Gasteiger partial charge >= 0.3 is 0 Å². The molecule has 0 aliphatic rings. The first-order valence-corrected chi connectivity index (χ1v) is 7.05. The summed E-state index contributed by atoms with van der Waals surface area (Å²) < 4.78 is 1.55. The van der Waals surface area contributed by atoms with E-state index in [-0.39, 0.29) is 12.5 Å². The van der Waals surface area contributed by atoms with Crippen molar-refractivity contribution >= 4 is 11.6 Å². The van der Waals surface area contributed by atoms with Crippen LogP contribution in [0.4, 0.5) is 5.69 Å². The Hall–Kier alpha value is -2.21. The lowest BCUT2D eigenvalue weighted by atomic mass is 10.1. The molecule has 0 aliphatic carbocycles. The third kappa shape index (κ3) is 4.39. The van der Waals surface area contributed by atoms with Gasteiger partial charge in [0, 0.05) is 12.2 Å². The molecular weight excluding hydrogens is 266 g/mol. The monoisotopic (exact) mass is 287 g/mol. The number of benzene rings is 1. The third-order valence-corrected chi connectivity index (χ3v) is 3.10. The normalized spacial score (nSPS) is 10.6. The van der Waals surface area contributed by atoms with Crippen LogP contribution in [-0.2, 0) is 17.9 Å². The van der Waals surface area contributed by atoms with Crippen molar-refractivity contribution in [3.63, 3.8) is 0 Å². The maximum atomic E-state index is 12.0. The maximum Gasteiger partial charge on any atom is 0.246 e. The zero-order chi connectivity index (χ0) is 15.2. The molecule has 0 saturated carbocycles. The highest BCUT2D eigenvalue weighted by atomic mass is 16.2. The zero-order valence-corrected chi connectivity index (χ0v) is 12.7. The van der Waals surface area contributed by atoms with Crippen LogP contribution >= 0.6 is 0 Å². The molecule has 2 rings (SSSR count). The average molecular weight is 287 g/mol. The topological polar surface area (TPSA) is 71.8 Å². The van der Waals surface area contributed by atoms with Gasteiger partial charge in [0.2, 0.25) is 5.91 Å². The number of hydrogen-bond donors (Lipinski definition) is 2. The van der Waals surface area contributed by atoms with Crippen LogP contribution in [0, 0.1) is 13.8 Å². The summed E-state index contributed by atoms with van der Waals surface area (Å²) in [5, 5.41) is 14.0. The molecule has 0 aliphatic heterocycles. The molecule has 112 valence electrons. The fourth-order valence-electron chi connectivity index (χ4n) is 2.04. The van der Waals surface area contributed by atoms with Crippen LogP contribution in [-0.4, -0.2) is 27.4 Å². The minimum atomic E-state index is -0.109. The average Bonchev–Trinajstić information content (AvgIpc) is 2.87. The smallest absolute Gasteiger partial charge is 0.246 e. The second-order valence-electron chi connectivity index (χ2n) is 5.05. The molecule has 6 heteroatoms. The standard InChI is InChI=1S/C15H21N5O/c1-4-16-8-13-9-20(19-18-13)10-15(21)17-14-6-5-11(2)7-12(14)3/h5-7,9,16H,4,8,10H2,1-3H3,(H,17,21). The van der Waals surface area contributed by atoms with Gasteiger partial charge in [0.1, 0.15) is 6.54 Å². The van der Waals surface area contributed by atoms with Crippen molar-refractivity contribution in [1.29, 1.82) is 0 Å². The molecule has 0 saturated heterocycles. The van der Waals surface area contributed by atoms with Crippen LogP contribution in [0.3, 0.4) is 0 Å². The van der Waals surface area contributed by atoms with E-state index in [0.717, 1.165) is 23.5 Å². The highest BCUT2D eigenvalue weighted by Gasteiger charge is 2.08. The van der Waals surface area contributed by atoms with Gasteiger partial charge in [0.15, 0.2) is 0 Å². The first kappa shape index (κ1) is 15.2. The van der Waals surface area contributed by atoms with E-state index in [2.05, 4.69) is 20.9 Å². The summed E-state index contributed by atoms with van der Waals surface area (Å²) in [4.78, 5) is 12.0. The van der Waals surface area contributed by atoms with Crippen LogP contribution in [0.5, 0.6) is 0 Å². The van der Waals surface area contributed by atoms with E-state index >= 15 is 0 Å². The molecule has 1 heterocycles. The number of nitrogens with one attached hydrogen (secondary N) is 2. The number of nitrogens with zero attached hydrogens (tertiary/aromatic N) is 3. The molecule has 0 unspecified atom stereocenters. The molecule has 0 bridgehead atoms. The second kappa shape index (κ2) is 6.99. The molecule has 2 aromatic rings. The van der Waals surface area contributed by atoms with Crippen molar-refractivity contribution in [1.82, 2.24) is 20.3 Å². The number of carbonyl (C=O) groups excluding carboxylic acids is 1. The van der Waals surface area contributed by atoms with Crippen molar-refractivity contribution in [2.24, 2.45) is 0 Å². The lowest BCUT2D eigenvalue weighted by Crippen LogP contribution is -2.19. The summed E-state index contributed by atoms with van der Waals surface area (Å²) in [6.07, 6.45) is 1.78. The lowest BCUT2D eigenvalue weighted by molar-refractivity contribution is -0.116. The molecule has 1 aromatic carbocycles. The Morgan fingerprint density at radius 1 is 1.33 bits per heavy atom. The van der Waals surface area contributed by atoms with Gasteiger partial charge in [-0.25, -0.2) is 4.68 Å². The molecule has 1 aromatic heterocycles. The molecule has 6 nitrogen and oxygen atoms in total. The fraction of sp³-hybridized carbons (Fsp3) is 0.400. The van der Waals surface area contributed by atoms with Gasteiger partial charge in [-0.3, -0.25) is 4.79 Å². The van der Waals surface area contributed by atoms with Crippen LogP contribution in [0.25, 0.3) is 0 Å². The highest BCUT2D eigenvalue weighted by Crippen LogP contribution is 2.15. The lowest BCUT2D eigenvalue weighted by Gasteiger charge is -2.08. The largest absolute Gasteiger partial charge is 0.324 e. The van der Waals surface area contributed by atoms with E-state index < -0.39 is 0 Å². The van der Waals surface area contributed by atoms with Gasteiger partial charge in [0.25, 0.3) is 0 Å². The van der Waals surface area contributed by atoms with Gasteiger partial charge in [-0.15, -0.1) is 5.10 Å². The minimum Gasteiger partial charge on any atom is -0.324 e. The molecule has 0 radical (unpaired) electrons. The number of amides is 1. The van der Waals surface area contributed by atoms with Crippen molar-refractivity contribution in [3.05, 3.63) is 41.2 Å². The zero-order valence-electron chi connectivity index (χ0n) is 12.7. The van der Waals surface area contributed by atoms with Gasteiger partial charge in [0.05, 0.1) is 11.9 Å². The van der Waals surface area contributed by atoms with Crippen molar-refractivity contribution in [3.8, 4) is 0 Å². The number of aromatic nitrogens is 3. The predicted octanol–water partition coefficient (Wildman–Crippen LogP) is 1.64. The molecule has 0 atom stereocenters. The number of anilines is 1. The summed E-state index contributed by atoms with van der Waals surface area (Å²) in [6, 6.07) is 5.94. The van der Waals surface area contributed by atoms with Gasteiger partial charge in [-0.1, -0.05) is 29.8 Å². The first-order chi connectivity index (χ1) is 10.1. The van der Waals surface area contributed by atoms with E-state index in [1.54, 1.807) is 10.9 Å². The van der Waals surface area contributed by atoms with E-state index in [0.29, 0.717) is 6.54 Å². The Morgan fingerprint density at radius 3 is 2.86 bits per heavy atom. The second-order valence-corrected chi connectivity index (χ2v) is 5.05. The SMILES string of the molecule is CCNCc1cn(CC(=O)Nc2ccc(C)cc2C)nn1.